The van der Waals surface area contributed by atoms with Gasteiger partial charge in [0.2, 0.25) is 5.91 Å². The van der Waals surface area contributed by atoms with Gasteiger partial charge in [-0.05, 0) is 50.6 Å². The molecule has 0 fully saturated rings. The number of hydrogen-bond donors (Lipinski definition) is 1. The van der Waals surface area contributed by atoms with E-state index in [2.05, 4.69) is 49.6 Å². The predicted octanol–water partition coefficient (Wildman–Crippen LogP) is 3.62. The van der Waals surface area contributed by atoms with Gasteiger partial charge in [-0.2, -0.15) is 0 Å². The minimum Gasteiger partial charge on any atom is -0.332 e. The van der Waals surface area contributed by atoms with Crippen LogP contribution in [-0.2, 0) is 23.3 Å². The van der Waals surface area contributed by atoms with Gasteiger partial charge in [-0.3, -0.25) is 4.79 Å². The highest BCUT2D eigenvalue weighted by Gasteiger charge is 2.37. The largest absolute Gasteiger partial charge is 0.332 e. The number of carbonyl (C=O) groups is 1. The lowest BCUT2D eigenvalue weighted by atomic mass is 9.97. The number of hydrogen-bond acceptors (Lipinski definition) is 3. The maximum absolute atomic E-state index is 13.5. The Balaban J connectivity index is 1.86. The van der Waals surface area contributed by atoms with Crippen molar-refractivity contribution < 1.29 is 9.18 Å². The fourth-order valence-corrected chi connectivity index (χ4v) is 4.30. The molecule has 0 bridgehead atoms. The molecule has 6 heteroatoms. The Hall–Kier alpha value is -2.99. The van der Waals surface area contributed by atoms with Crippen molar-refractivity contribution in [2.75, 3.05) is 13.1 Å². The summed E-state index contributed by atoms with van der Waals surface area (Å²) in [5.74, 6) is 0.470. The highest BCUT2D eigenvalue weighted by Crippen LogP contribution is 2.35. The number of nitrogens with zero attached hydrogens (tertiary/aromatic N) is 3. The number of benzene rings is 2. The summed E-state index contributed by atoms with van der Waals surface area (Å²) in [5, 5.41) is 0. The third-order valence-corrected chi connectivity index (χ3v) is 5.69. The highest BCUT2D eigenvalue weighted by molar-refractivity contribution is 5.78. The molecule has 1 aliphatic heterocycles. The van der Waals surface area contributed by atoms with Gasteiger partial charge in [-0.25, -0.2) is 9.37 Å². The van der Waals surface area contributed by atoms with Crippen LogP contribution in [0.3, 0.4) is 0 Å². The second-order valence-electron chi connectivity index (χ2n) is 8.59. The molecule has 2 heterocycles. The van der Waals surface area contributed by atoms with Gasteiger partial charge in [-0.15, -0.1) is 0 Å². The number of rotatable bonds is 4. The monoisotopic (exact) mass is 406 g/mol. The van der Waals surface area contributed by atoms with Gasteiger partial charge in [0.1, 0.15) is 11.6 Å². The first-order valence-electron chi connectivity index (χ1n) is 10.2. The lowest BCUT2D eigenvalue weighted by Crippen LogP contribution is -2.51. The molecule has 1 amide bonds. The van der Waals surface area contributed by atoms with Crippen molar-refractivity contribution in [3.8, 4) is 11.3 Å². The zero-order valence-electron chi connectivity index (χ0n) is 17.7. The number of imidazole rings is 1. The Labute approximate surface area is 176 Å². The summed E-state index contributed by atoms with van der Waals surface area (Å²) >= 11 is 0. The van der Waals surface area contributed by atoms with Gasteiger partial charge in [0.05, 0.1) is 30.0 Å². The number of amides is 1. The Morgan fingerprint density at radius 3 is 2.43 bits per heavy atom. The van der Waals surface area contributed by atoms with Crippen LogP contribution in [0.5, 0.6) is 0 Å². The summed E-state index contributed by atoms with van der Waals surface area (Å²) in [6, 6.07) is 14.9. The number of carbonyl (C=O) groups excluding carboxylic acids is 1. The summed E-state index contributed by atoms with van der Waals surface area (Å²) in [4.78, 5) is 19.0. The normalized spacial score (nSPS) is 15.2. The zero-order valence-corrected chi connectivity index (χ0v) is 17.7. The summed E-state index contributed by atoms with van der Waals surface area (Å²) < 4.78 is 15.8. The molecule has 1 aromatic heterocycles. The van der Waals surface area contributed by atoms with E-state index in [9.17, 15) is 9.18 Å². The molecule has 5 nitrogen and oxygen atoms in total. The van der Waals surface area contributed by atoms with Crippen LogP contribution in [0.25, 0.3) is 11.3 Å². The van der Waals surface area contributed by atoms with E-state index in [0.717, 1.165) is 22.8 Å². The van der Waals surface area contributed by atoms with Crippen molar-refractivity contribution in [2.24, 2.45) is 5.73 Å². The summed E-state index contributed by atoms with van der Waals surface area (Å²) in [6.07, 6.45) is 0.703. The van der Waals surface area contributed by atoms with Crippen LogP contribution in [0.4, 0.5) is 4.39 Å². The molecule has 0 unspecified atom stereocenters. The molecule has 156 valence electrons. The van der Waals surface area contributed by atoms with Crippen LogP contribution < -0.4 is 5.73 Å². The third-order valence-electron chi connectivity index (χ3n) is 5.69. The Bertz CT molecular complexity index is 1070. The van der Waals surface area contributed by atoms with E-state index >= 15 is 0 Å². The molecular weight excluding hydrogens is 379 g/mol. The van der Waals surface area contributed by atoms with Crippen molar-refractivity contribution in [1.82, 2.24) is 14.5 Å². The fraction of sp³-hybridized carbons (Fsp3) is 0.333. The van der Waals surface area contributed by atoms with E-state index in [0.29, 0.717) is 19.5 Å². The Morgan fingerprint density at radius 1 is 1.13 bits per heavy atom. The number of halogens is 1. The van der Waals surface area contributed by atoms with Gasteiger partial charge in [0.15, 0.2) is 0 Å². The maximum atomic E-state index is 13.5. The van der Waals surface area contributed by atoms with Crippen molar-refractivity contribution >= 4 is 5.91 Å². The van der Waals surface area contributed by atoms with Crippen molar-refractivity contribution in [3.05, 3.63) is 77.0 Å². The van der Waals surface area contributed by atoms with Crippen molar-refractivity contribution in [1.29, 1.82) is 0 Å². The molecule has 2 aromatic carbocycles. The van der Waals surface area contributed by atoms with Crippen LogP contribution in [0.1, 0.15) is 36.5 Å². The maximum Gasteiger partial charge on any atom is 0.236 e. The number of nitrogens with two attached hydrogens (primary N) is 1. The first-order chi connectivity index (χ1) is 14.3. The quantitative estimate of drug-likeness (QED) is 0.720. The van der Waals surface area contributed by atoms with Gasteiger partial charge in [0, 0.05) is 18.5 Å². The van der Waals surface area contributed by atoms with Crippen LogP contribution in [0.15, 0.2) is 48.5 Å². The topological polar surface area (TPSA) is 64.2 Å². The Kier molecular flexibility index (Phi) is 5.20. The van der Waals surface area contributed by atoms with E-state index in [1.165, 1.54) is 23.3 Å². The lowest BCUT2D eigenvalue weighted by Gasteiger charge is -2.40. The molecule has 0 radical (unpaired) electrons. The minimum absolute atomic E-state index is 0.0160. The van der Waals surface area contributed by atoms with E-state index in [1.54, 1.807) is 17.0 Å². The molecule has 2 N–H and O–H groups in total. The van der Waals surface area contributed by atoms with Crippen LogP contribution in [0, 0.1) is 12.7 Å². The van der Waals surface area contributed by atoms with E-state index in [1.807, 2.05) is 0 Å². The third kappa shape index (κ3) is 3.75. The molecule has 0 aliphatic carbocycles. The number of aromatic nitrogens is 2. The van der Waals surface area contributed by atoms with Crippen LogP contribution in [-0.4, -0.2) is 33.4 Å². The smallest absolute Gasteiger partial charge is 0.236 e. The van der Waals surface area contributed by atoms with Gasteiger partial charge in [-0.1, -0.05) is 29.8 Å². The second kappa shape index (κ2) is 7.69. The summed E-state index contributed by atoms with van der Waals surface area (Å²) in [7, 11) is 0. The molecule has 0 spiro atoms. The molecule has 0 saturated heterocycles. The molecule has 0 saturated carbocycles. The summed E-state index contributed by atoms with van der Waals surface area (Å²) in [6.45, 7) is 7.26. The van der Waals surface area contributed by atoms with E-state index < -0.39 is 0 Å². The first kappa shape index (κ1) is 20.3. The van der Waals surface area contributed by atoms with Gasteiger partial charge >= 0.3 is 0 Å². The highest BCUT2D eigenvalue weighted by atomic mass is 19.1. The van der Waals surface area contributed by atoms with Gasteiger partial charge < -0.3 is 15.2 Å². The standard InChI is InChI=1S/C24H27FN4O/c1-16-4-6-17(7-5-16)12-20-23(18-8-10-19(25)11-9-18)27-21-14-28(22(30)13-26)15-24(2,3)29(20)21/h4-11H,12-15,26H2,1-3H3. The number of fused-ring (bicyclic) bond motifs is 1. The number of aryl methyl sites for hydroxylation is 1. The average Bonchev–Trinajstić information content (AvgIpc) is 3.08. The fourth-order valence-electron chi connectivity index (χ4n) is 4.30. The van der Waals surface area contributed by atoms with E-state index in [-0.39, 0.29) is 23.8 Å². The molecule has 4 rings (SSSR count). The summed E-state index contributed by atoms with van der Waals surface area (Å²) in [5.41, 5.74) is 10.4. The molecular formula is C24H27FN4O. The minimum atomic E-state index is -0.344. The zero-order chi connectivity index (χ0) is 21.5. The lowest BCUT2D eigenvalue weighted by molar-refractivity contribution is -0.132. The SMILES string of the molecule is Cc1ccc(Cc2c(-c3ccc(F)cc3)nc3n2C(C)(C)CN(C(=O)CN)C3)cc1. The second-order valence-corrected chi connectivity index (χ2v) is 8.59. The van der Waals surface area contributed by atoms with Crippen molar-refractivity contribution in [2.45, 2.75) is 39.3 Å². The van der Waals surface area contributed by atoms with Gasteiger partial charge in [0.25, 0.3) is 0 Å². The predicted molar refractivity (Wildman–Crippen MR) is 115 cm³/mol. The van der Waals surface area contributed by atoms with Crippen LogP contribution in [0.2, 0.25) is 0 Å². The molecule has 0 atom stereocenters. The average molecular weight is 407 g/mol. The first-order valence-corrected chi connectivity index (χ1v) is 10.2. The van der Waals surface area contributed by atoms with Crippen molar-refractivity contribution in [3.63, 3.8) is 0 Å². The molecule has 3 aromatic rings. The Morgan fingerprint density at radius 2 is 1.80 bits per heavy atom. The van der Waals surface area contributed by atoms with Crippen LogP contribution >= 0.6 is 0 Å². The molecule has 30 heavy (non-hydrogen) atoms. The molecule has 1 aliphatic rings. The van der Waals surface area contributed by atoms with E-state index in [4.69, 9.17) is 10.7 Å².